The lowest BCUT2D eigenvalue weighted by Crippen LogP contribution is -2.50. The molecule has 5 rings (SSSR count). The Morgan fingerprint density at radius 3 is 2.52 bits per heavy atom. The summed E-state index contributed by atoms with van der Waals surface area (Å²) in [6, 6.07) is 8.40. The molecule has 1 aromatic carbocycles. The Morgan fingerprint density at radius 1 is 0.970 bits per heavy atom. The van der Waals surface area contributed by atoms with Crippen molar-refractivity contribution in [1.29, 1.82) is 0 Å². The van der Waals surface area contributed by atoms with E-state index in [0.717, 1.165) is 37.9 Å². The first-order valence-corrected chi connectivity index (χ1v) is 13.6. The molecule has 0 N–H and O–H groups in total. The summed E-state index contributed by atoms with van der Waals surface area (Å²) < 4.78 is 29.0. The molecule has 1 amide bonds. The molecule has 2 aliphatic rings. The third kappa shape index (κ3) is 4.22. The Hall–Kier alpha value is -2.56. The Labute approximate surface area is 196 Å². The summed E-state index contributed by atoms with van der Waals surface area (Å²) in [7, 11) is -3.51. The molecular formula is C23H26N4O4S2. The molecule has 0 saturated carbocycles. The van der Waals surface area contributed by atoms with Crippen molar-refractivity contribution in [2.24, 2.45) is 0 Å². The van der Waals surface area contributed by atoms with E-state index in [1.165, 1.54) is 15.6 Å². The molecule has 2 aliphatic heterocycles. The number of nitrogens with zero attached hydrogens (tertiary/aromatic N) is 4. The number of thiophene rings is 1. The lowest BCUT2D eigenvalue weighted by Gasteiger charge is -2.33. The first-order valence-electron chi connectivity index (χ1n) is 11.3. The summed E-state index contributed by atoms with van der Waals surface area (Å²) in [6.45, 7) is 1.85. The third-order valence-electron chi connectivity index (χ3n) is 6.43. The number of piperazine rings is 1. The molecule has 0 atom stereocenters. The minimum Gasteiger partial charge on any atom is -0.336 e. The molecule has 0 bridgehead atoms. The highest BCUT2D eigenvalue weighted by molar-refractivity contribution is 7.91. The highest BCUT2D eigenvalue weighted by Crippen LogP contribution is 2.23. The van der Waals surface area contributed by atoms with E-state index in [1.807, 2.05) is 0 Å². The SMILES string of the molecule is O=C(c1ccc2c(=O)n3c(nc2c1)CCCCCC3)N1CCN(S(=O)(=O)c2cccs2)CC1. The van der Waals surface area contributed by atoms with Crippen molar-refractivity contribution in [2.45, 2.75) is 42.9 Å². The number of hydrogen-bond acceptors (Lipinski definition) is 6. The molecule has 0 radical (unpaired) electrons. The Morgan fingerprint density at radius 2 is 1.76 bits per heavy atom. The monoisotopic (exact) mass is 486 g/mol. The smallest absolute Gasteiger partial charge is 0.261 e. The van der Waals surface area contributed by atoms with Crippen molar-refractivity contribution in [1.82, 2.24) is 18.8 Å². The normalized spacial score (nSPS) is 18.0. The van der Waals surface area contributed by atoms with Gasteiger partial charge in [0.05, 0.1) is 10.9 Å². The van der Waals surface area contributed by atoms with Gasteiger partial charge in [0.1, 0.15) is 10.0 Å². The van der Waals surface area contributed by atoms with Gasteiger partial charge >= 0.3 is 0 Å². The number of aromatic nitrogens is 2. The number of benzene rings is 1. The van der Waals surface area contributed by atoms with E-state index in [2.05, 4.69) is 0 Å². The highest BCUT2D eigenvalue weighted by atomic mass is 32.2. The van der Waals surface area contributed by atoms with Crippen molar-refractivity contribution in [2.75, 3.05) is 26.2 Å². The molecule has 3 aromatic rings. The number of hydrogen-bond donors (Lipinski definition) is 0. The van der Waals surface area contributed by atoms with Gasteiger partial charge in [-0.25, -0.2) is 13.4 Å². The molecular weight excluding hydrogens is 460 g/mol. The van der Waals surface area contributed by atoms with Crippen molar-refractivity contribution in [3.63, 3.8) is 0 Å². The van der Waals surface area contributed by atoms with E-state index >= 15 is 0 Å². The Bertz CT molecular complexity index is 1340. The summed E-state index contributed by atoms with van der Waals surface area (Å²) in [6.07, 6.45) is 5.02. The van der Waals surface area contributed by atoms with Crippen LogP contribution in [0.3, 0.4) is 0 Å². The van der Waals surface area contributed by atoms with Crippen LogP contribution in [0.15, 0.2) is 44.7 Å². The maximum atomic E-state index is 13.2. The fourth-order valence-corrected chi connectivity index (χ4v) is 7.15. The summed E-state index contributed by atoms with van der Waals surface area (Å²) in [4.78, 5) is 32.6. The summed E-state index contributed by atoms with van der Waals surface area (Å²) in [5, 5.41) is 2.27. The molecule has 10 heteroatoms. The first kappa shape index (κ1) is 22.2. The van der Waals surface area contributed by atoms with Gasteiger partial charge < -0.3 is 4.90 Å². The van der Waals surface area contributed by atoms with Crippen LogP contribution in [0.1, 0.15) is 41.9 Å². The second-order valence-corrected chi connectivity index (χ2v) is 11.6. The van der Waals surface area contributed by atoms with Gasteiger partial charge in [0, 0.05) is 44.7 Å². The Balaban J connectivity index is 1.36. The van der Waals surface area contributed by atoms with E-state index in [0.29, 0.717) is 40.3 Å². The standard InChI is InChI=1S/C23H26N4O4S2/c28-22(25-11-13-26(14-12-25)33(30,31)21-7-5-15-32-21)17-8-9-18-19(16-17)24-20-6-3-1-2-4-10-27(20)23(18)29/h5,7-9,15-16H,1-4,6,10-14H2. The molecule has 0 spiro atoms. The van der Waals surface area contributed by atoms with Crippen LogP contribution in [0.5, 0.6) is 0 Å². The van der Waals surface area contributed by atoms with Crippen LogP contribution in [-0.4, -0.2) is 59.3 Å². The average molecular weight is 487 g/mol. The van der Waals surface area contributed by atoms with Crippen LogP contribution >= 0.6 is 11.3 Å². The molecule has 0 aliphatic carbocycles. The van der Waals surface area contributed by atoms with Crippen LogP contribution in [0.2, 0.25) is 0 Å². The van der Waals surface area contributed by atoms with Crippen molar-refractivity contribution in [3.8, 4) is 0 Å². The zero-order valence-electron chi connectivity index (χ0n) is 18.3. The van der Waals surface area contributed by atoms with E-state index in [4.69, 9.17) is 4.98 Å². The molecule has 8 nitrogen and oxygen atoms in total. The van der Waals surface area contributed by atoms with E-state index < -0.39 is 10.0 Å². The van der Waals surface area contributed by atoms with Crippen LogP contribution in [0.25, 0.3) is 10.9 Å². The number of fused-ring (bicyclic) bond motifs is 2. The highest BCUT2D eigenvalue weighted by Gasteiger charge is 2.31. The van der Waals surface area contributed by atoms with Crippen molar-refractivity contribution < 1.29 is 13.2 Å². The number of sulfonamides is 1. The number of aryl methyl sites for hydroxylation is 1. The zero-order valence-corrected chi connectivity index (χ0v) is 19.9. The van der Waals surface area contributed by atoms with Gasteiger partial charge in [0.2, 0.25) is 0 Å². The van der Waals surface area contributed by atoms with Gasteiger partial charge in [-0.2, -0.15) is 4.31 Å². The second-order valence-electron chi connectivity index (χ2n) is 8.51. The van der Waals surface area contributed by atoms with Crippen LogP contribution in [0.4, 0.5) is 0 Å². The first-order chi connectivity index (χ1) is 15.9. The number of rotatable bonds is 3. The third-order valence-corrected chi connectivity index (χ3v) is 9.70. The lowest BCUT2D eigenvalue weighted by atomic mass is 10.1. The minimum absolute atomic E-state index is 0.0386. The minimum atomic E-state index is -3.51. The molecule has 1 fully saturated rings. The maximum absolute atomic E-state index is 13.2. The molecule has 174 valence electrons. The predicted molar refractivity (Wildman–Crippen MR) is 127 cm³/mol. The van der Waals surface area contributed by atoms with Gasteiger partial charge in [-0.15, -0.1) is 11.3 Å². The van der Waals surface area contributed by atoms with Gasteiger partial charge in [-0.1, -0.05) is 18.9 Å². The summed E-state index contributed by atoms with van der Waals surface area (Å²) in [5.74, 6) is 0.628. The molecule has 33 heavy (non-hydrogen) atoms. The fraction of sp³-hybridized carbons (Fsp3) is 0.435. The average Bonchev–Trinajstić information content (AvgIpc) is 3.36. The van der Waals surface area contributed by atoms with Gasteiger partial charge in [0.15, 0.2) is 0 Å². The van der Waals surface area contributed by atoms with E-state index in [1.54, 1.807) is 45.2 Å². The number of carbonyl (C=O) groups is 1. The number of carbonyl (C=O) groups excluding carboxylic acids is 1. The fourth-order valence-electron chi connectivity index (χ4n) is 4.58. The Kier molecular flexibility index (Phi) is 6.07. The lowest BCUT2D eigenvalue weighted by molar-refractivity contribution is 0.0698. The summed E-state index contributed by atoms with van der Waals surface area (Å²) >= 11 is 1.20. The van der Waals surface area contributed by atoms with Crippen LogP contribution in [-0.2, 0) is 23.0 Å². The van der Waals surface area contributed by atoms with Crippen molar-refractivity contribution in [3.05, 3.63) is 57.5 Å². The molecule has 2 aromatic heterocycles. The topological polar surface area (TPSA) is 92.6 Å². The van der Waals surface area contributed by atoms with E-state index in [9.17, 15) is 18.0 Å². The van der Waals surface area contributed by atoms with Crippen molar-refractivity contribution >= 4 is 38.2 Å². The van der Waals surface area contributed by atoms with Crippen LogP contribution < -0.4 is 5.56 Å². The van der Waals surface area contributed by atoms with Gasteiger partial charge in [-0.3, -0.25) is 14.2 Å². The predicted octanol–water partition coefficient (Wildman–Crippen LogP) is 2.72. The van der Waals surface area contributed by atoms with Crippen LogP contribution in [0, 0.1) is 0 Å². The van der Waals surface area contributed by atoms with Gasteiger partial charge in [-0.05, 0) is 42.5 Å². The molecule has 4 heterocycles. The zero-order chi connectivity index (χ0) is 23.0. The quantitative estimate of drug-likeness (QED) is 0.568. The molecule has 0 unspecified atom stereocenters. The van der Waals surface area contributed by atoms with Gasteiger partial charge in [0.25, 0.3) is 21.5 Å². The summed E-state index contributed by atoms with van der Waals surface area (Å²) in [5.41, 5.74) is 0.986. The largest absolute Gasteiger partial charge is 0.336 e. The molecule has 1 saturated heterocycles. The maximum Gasteiger partial charge on any atom is 0.261 e. The number of amides is 1. The second kappa shape index (κ2) is 9.00. The van der Waals surface area contributed by atoms with E-state index in [-0.39, 0.29) is 24.6 Å².